The van der Waals surface area contributed by atoms with Crippen molar-refractivity contribution in [3.05, 3.63) is 12.2 Å². The molecule has 2 nitrogen and oxygen atoms in total. The van der Waals surface area contributed by atoms with Gasteiger partial charge >= 0.3 is 0 Å². The molecule has 1 unspecified atom stereocenters. The third kappa shape index (κ3) is 0.886. The van der Waals surface area contributed by atoms with Crippen LogP contribution in [0.2, 0.25) is 0 Å². The highest BCUT2D eigenvalue weighted by Gasteiger charge is 2.13. The Bertz CT molecular complexity index is 128. The molecule has 1 aliphatic rings. The normalized spacial score (nSPS) is 26.2. The summed E-state index contributed by atoms with van der Waals surface area (Å²) in [5.41, 5.74) is 5.01. The monoisotopic (exact) mass is 111 g/mol. The molecular weight excluding hydrogens is 102 g/mol. The predicted molar refractivity (Wildman–Crippen MR) is 31.1 cm³/mol. The van der Waals surface area contributed by atoms with Gasteiger partial charge in [-0.3, -0.25) is 4.79 Å². The second-order valence-corrected chi connectivity index (χ2v) is 2.01. The lowest BCUT2D eigenvalue weighted by atomic mass is 10.1. The van der Waals surface area contributed by atoms with E-state index in [9.17, 15) is 4.79 Å². The summed E-state index contributed by atoms with van der Waals surface area (Å²) >= 11 is 0. The van der Waals surface area contributed by atoms with Gasteiger partial charge in [0.2, 0.25) is 5.91 Å². The first kappa shape index (κ1) is 5.35. The molecule has 44 valence electrons. The van der Waals surface area contributed by atoms with Crippen molar-refractivity contribution in [1.29, 1.82) is 0 Å². The Morgan fingerprint density at radius 2 is 2.50 bits per heavy atom. The standard InChI is InChI=1S/C6H9NO/c7-6(8)5-3-1-2-4-5/h1,3,5H,2,4H2,(H2,7,8). The number of rotatable bonds is 1. The quantitative estimate of drug-likeness (QED) is 0.490. The fourth-order valence-corrected chi connectivity index (χ4v) is 0.870. The first-order chi connectivity index (χ1) is 3.80. The molecule has 0 aromatic rings. The zero-order chi connectivity index (χ0) is 5.98. The number of primary amides is 1. The van der Waals surface area contributed by atoms with Crippen LogP contribution in [0.15, 0.2) is 12.2 Å². The Morgan fingerprint density at radius 3 is 2.75 bits per heavy atom. The van der Waals surface area contributed by atoms with E-state index in [1.54, 1.807) is 0 Å². The van der Waals surface area contributed by atoms with E-state index in [4.69, 9.17) is 5.73 Å². The molecular formula is C6H9NO. The Morgan fingerprint density at radius 1 is 1.75 bits per heavy atom. The van der Waals surface area contributed by atoms with Gasteiger partial charge in [-0.25, -0.2) is 0 Å². The average molecular weight is 111 g/mol. The van der Waals surface area contributed by atoms with Crippen molar-refractivity contribution in [3.63, 3.8) is 0 Å². The van der Waals surface area contributed by atoms with Gasteiger partial charge in [0.15, 0.2) is 0 Å². The van der Waals surface area contributed by atoms with Gasteiger partial charge in [0, 0.05) is 0 Å². The lowest BCUT2D eigenvalue weighted by Gasteiger charge is -1.97. The summed E-state index contributed by atoms with van der Waals surface area (Å²) in [6, 6.07) is 0. The zero-order valence-corrected chi connectivity index (χ0v) is 4.63. The smallest absolute Gasteiger partial charge is 0.224 e. The SMILES string of the molecule is NC(=O)C1C=CCC1. The maximum Gasteiger partial charge on any atom is 0.224 e. The molecule has 0 saturated carbocycles. The van der Waals surface area contributed by atoms with Crippen LogP contribution >= 0.6 is 0 Å². The summed E-state index contributed by atoms with van der Waals surface area (Å²) in [5, 5.41) is 0. The molecule has 0 aromatic heterocycles. The van der Waals surface area contributed by atoms with E-state index in [-0.39, 0.29) is 11.8 Å². The molecule has 1 aliphatic carbocycles. The number of hydrogen-bond acceptors (Lipinski definition) is 1. The van der Waals surface area contributed by atoms with E-state index in [1.807, 2.05) is 12.2 Å². The lowest BCUT2D eigenvalue weighted by molar-refractivity contribution is -0.120. The molecule has 8 heavy (non-hydrogen) atoms. The Hall–Kier alpha value is -0.790. The van der Waals surface area contributed by atoms with Crippen LogP contribution in [-0.4, -0.2) is 5.91 Å². The number of allylic oxidation sites excluding steroid dienone is 1. The van der Waals surface area contributed by atoms with Crippen molar-refractivity contribution in [2.75, 3.05) is 0 Å². The first-order valence-corrected chi connectivity index (χ1v) is 2.76. The van der Waals surface area contributed by atoms with Crippen molar-refractivity contribution in [3.8, 4) is 0 Å². The van der Waals surface area contributed by atoms with E-state index in [0.717, 1.165) is 12.8 Å². The minimum Gasteiger partial charge on any atom is -0.369 e. The number of carbonyl (C=O) groups excluding carboxylic acids is 1. The summed E-state index contributed by atoms with van der Waals surface area (Å²) in [5.74, 6) is -0.172. The van der Waals surface area contributed by atoms with Gasteiger partial charge in [0.1, 0.15) is 0 Å². The van der Waals surface area contributed by atoms with Crippen LogP contribution in [0.3, 0.4) is 0 Å². The Kier molecular flexibility index (Phi) is 1.33. The summed E-state index contributed by atoms with van der Waals surface area (Å²) < 4.78 is 0. The van der Waals surface area contributed by atoms with Crippen LogP contribution in [0.4, 0.5) is 0 Å². The molecule has 0 bridgehead atoms. The number of amides is 1. The molecule has 2 N–H and O–H groups in total. The molecule has 1 amide bonds. The molecule has 1 rings (SSSR count). The topological polar surface area (TPSA) is 43.1 Å². The van der Waals surface area contributed by atoms with Crippen LogP contribution in [0.25, 0.3) is 0 Å². The van der Waals surface area contributed by atoms with Crippen LogP contribution in [0, 0.1) is 5.92 Å². The number of hydrogen-bond donors (Lipinski definition) is 1. The summed E-state index contributed by atoms with van der Waals surface area (Å²) in [6.45, 7) is 0. The van der Waals surface area contributed by atoms with Gasteiger partial charge in [-0.05, 0) is 12.8 Å². The highest BCUT2D eigenvalue weighted by molar-refractivity contribution is 5.78. The highest BCUT2D eigenvalue weighted by atomic mass is 16.1. The third-order valence-electron chi connectivity index (χ3n) is 1.38. The van der Waals surface area contributed by atoms with Gasteiger partial charge in [-0.15, -0.1) is 0 Å². The molecule has 0 fully saturated rings. The first-order valence-electron chi connectivity index (χ1n) is 2.76. The fraction of sp³-hybridized carbons (Fsp3) is 0.500. The number of nitrogens with two attached hydrogens (primary N) is 1. The lowest BCUT2D eigenvalue weighted by Crippen LogP contribution is -2.19. The minimum absolute atomic E-state index is 0.0231. The molecule has 0 radical (unpaired) electrons. The maximum atomic E-state index is 10.4. The van der Waals surface area contributed by atoms with Crippen LogP contribution in [-0.2, 0) is 4.79 Å². The van der Waals surface area contributed by atoms with E-state index >= 15 is 0 Å². The van der Waals surface area contributed by atoms with Gasteiger partial charge in [0.25, 0.3) is 0 Å². The fourth-order valence-electron chi connectivity index (χ4n) is 0.870. The zero-order valence-electron chi connectivity index (χ0n) is 4.63. The van der Waals surface area contributed by atoms with Gasteiger partial charge in [0.05, 0.1) is 5.92 Å². The molecule has 0 aliphatic heterocycles. The van der Waals surface area contributed by atoms with Crippen LogP contribution < -0.4 is 5.73 Å². The van der Waals surface area contributed by atoms with Gasteiger partial charge in [-0.2, -0.15) is 0 Å². The van der Waals surface area contributed by atoms with E-state index in [1.165, 1.54) is 0 Å². The molecule has 2 heteroatoms. The maximum absolute atomic E-state index is 10.4. The Labute approximate surface area is 48.4 Å². The number of carbonyl (C=O) groups is 1. The highest BCUT2D eigenvalue weighted by Crippen LogP contribution is 2.15. The Balaban J connectivity index is 2.48. The minimum atomic E-state index is -0.196. The largest absolute Gasteiger partial charge is 0.369 e. The molecule has 0 spiro atoms. The van der Waals surface area contributed by atoms with Gasteiger partial charge < -0.3 is 5.73 Å². The van der Waals surface area contributed by atoms with E-state index in [2.05, 4.69) is 0 Å². The summed E-state index contributed by atoms with van der Waals surface area (Å²) in [7, 11) is 0. The third-order valence-corrected chi connectivity index (χ3v) is 1.38. The molecule has 0 aromatic carbocycles. The van der Waals surface area contributed by atoms with Crippen LogP contribution in [0.5, 0.6) is 0 Å². The molecule has 0 saturated heterocycles. The summed E-state index contributed by atoms with van der Waals surface area (Å²) in [6.07, 6.45) is 5.79. The predicted octanol–water partition coefficient (Wildman–Crippen LogP) is 0.438. The van der Waals surface area contributed by atoms with Crippen molar-refractivity contribution < 1.29 is 4.79 Å². The van der Waals surface area contributed by atoms with Crippen molar-refractivity contribution in [1.82, 2.24) is 0 Å². The molecule has 0 heterocycles. The van der Waals surface area contributed by atoms with Crippen molar-refractivity contribution in [2.45, 2.75) is 12.8 Å². The average Bonchev–Trinajstić information content (AvgIpc) is 2.12. The van der Waals surface area contributed by atoms with Crippen LogP contribution in [0.1, 0.15) is 12.8 Å². The summed E-state index contributed by atoms with van der Waals surface area (Å²) in [4.78, 5) is 10.4. The van der Waals surface area contributed by atoms with Gasteiger partial charge in [-0.1, -0.05) is 12.2 Å². The molecule has 1 atom stereocenters. The van der Waals surface area contributed by atoms with E-state index in [0.29, 0.717) is 0 Å². The second-order valence-electron chi connectivity index (χ2n) is 2.01. The van der Waals surface area contributed by atoms with Crippen molar-refractivity contribution >= 4 is 5.91 Å². The van der Waals surface area contributed by atoms with Crippen molar-refractivity contribution in [2.24, 2.45) is 11.7 Å². The second kappa shape index (κ2) is 1.99. The van der Waals surface area contributed by atoms with E-state index < -0.39 is 0 Å².